The van der Waals surface area contributed by atoms with Crippen molar-refractivity contribution in [1.29, 1.82) is 0 Å². The normalized spacial score (nSPS) is 19.7. The highest BCUT2D eigenvalue weighted by Gasteiger charge is 2.25. The lowest BCUT2D eigenvalue weighted by Gasteiger charge is -2.24. The minimum absolute atomic E-state index is 0.179. The van der Waals surface area contributed by atoms with Crippen LogP contribution in [-0.2, 0) is 0 Å². The minimum atomic E-state index is 0.179. The van der Waals surface area contributed by atoms with Crippen LogP contribution >= 0.6 is 23.2 Å². The summed E-state index contributed by atoms with van der Waals surface area (Å²) in [7, 11) is 0. The second kappa shape index (κ2) is 6.13. The highest BCUT2D eigenvalue weighted by molar-refractivity contribution is 6.35. The Hall–Kier alpha value is -0.440. The third-order valence-electron chi connectivity index (χ3n) is 3.78. The van der Waals surface area contributed by atoms with E-state index in [1.54, 1.807) is 0 Å². The molecule has 0 spiro atoms. The molecule has 1 aromatic rings. The van der Waals surface area contributed by atoms with Crippen molar-refractivity contribution >= 4 is 28.9 Å². The van der Waals surface area contributed by atoms with Gasteiger partial charge < -0.3 is 10.2 Å². The van der Waals surface area contributed by atoms with Gasteiger partial charge in [-0.05, 0) is 57.7 Å². The molecule has 1 aliphatic rings. The zero-order valence-corrected chi connectivity index (χ0v) is 14.3. The van der Waals surface area contributed by atoms with Crippen LogP contribution < -0.4 is 10.2 Å². The molecule has 0 aliphatic carbocycles. The molecule has 112 valence electrons. The molecule has 1 N–H and O–H groups in total. The molecule has 1 saturated heterocycles. The second-order valence-corrected chi connectivity index (χ2v) is 7.60. The maximum absolute atomic E-state index is 6.36. The number of benzene rings is 1. The summed E-state index contributed by atoms with van der Waals surface area (Å²) in [6.45, 7) is 11.7. The van der Waals surface area contributed by atoms with Gasteiger partial charge in [-0.15, -0.1) is 0 Å². The van der Waals surface area contributed by atoms with E-state index in [-0.39, 0.29) is 5.54 Å². The SMILES string of the molecule is Cc1cc(Cl)c(N2CCC(CNC(C)(C)C)C2)cc1Cl. The van der Waals surface area contributed by atoms with E-state index in [1.165, 1.54) is 6.42 Å². The van der Waals surface area contributed by atoms with Gasteiger partial charge in [0.1, 0.15) is 0 Å². The summed E-state index contributed by atoms with van der Waals surface area (Å²) in [6.07, 6.45) is 1.20. The van der Waals surface area contributed by atoms with Gasteiger partial charge in [-0.3, -0.25) is 0 Å². The Labute approximate surface area is 132 Å². The molecule has 0 bridgehead atoms. The van der Waals surface area contributed by atoms with E-state index in [0.29, 0.717) is 5.92 Å². The number of anilines is 1. The maximum Gasteiger partial charge on any atom is 0.0643 e. The first-order chi connectivity index (χ1) is 9.26. The molecule has 4 heteroatoms. The first-order valence-electron chi connectivity index (χ1n) is 7.22. The Morgan fingerprint density at radius 3 is 2.60 bits per heavy atom. The summed E-state index contributed by atoms with van der Waals surface area (Å²) in [5, 5.41) is 5.18. The van der Waals surface area contributed by atoms with Gasteiger partial charge in [-0.1, -0.05) is 23.2 Å². The van der Waals surface area contributed by atoms with Crippen molar-refractivity contribution in [2.45, 2.75) is 39.7 Å². The van der Waals surface area contributed by atoms with E-state index < -0.39 is 0 Å². The van der Waals surface area contributed by atoms with E-state index in [0.717, 1.165) is 40.9 Å². The van der Waals surface area contributed by atoms with Gasteiger partial charge in [0, 0.05) is 30.2 Å². The highest BCUT2D eigenvalue weighted by Crippen LogP contribution is 2.34. The van der Waals surface area contributed by atoms with Gasteiger partial charge in [0.25, 0.3) is 0 Å². The predicted octanol–water partition coefficient (Wildman–Crippen LogP) is 4.52. The van der Waals surface area contributed by atoms with E-state index >= 15 is 0 Å². The molecule has 2 nitrogen and oxygen atoms in total. The fraction of sp³-hybridized carbons (Fsp3) is 0.625. The Balaban J connectivity index is 2.01. The van der Waals surface area contributed by atoms with Crippen LogP contribution in [0.2, 0.25) is 10.0 Å². The van der Waals surface area contributed by atoms with Gasteiger partial charge >= 0.3 is 0 Å². The Bertz CT molecular complexity index is 480. The summed E-state index contributed by atoms with van der Waals surface area (Å²) in [5.74, 6) is 0.672. The van der Waals surface area contributed by atoms with Crippen LogP contribution in [-0.4, -0.2) is 25.2 Å². The Morgan fingerprint density at radius 1 is 1.25 bits per heavy atom. The van der Waals surface area contributed by atoms with E-state index in [1.807, 2.05) is 19.1 Å². The quantitative estimate of drug-likeness (QED) is 0.882. The zero-order chi connectivity index (χ0) is 14.9. The molecule has 0 saturated carbocycles. The van der Waals surface area contributed by atoms with Crippen LogP contribution in [0.15, 0.2) is 12.1 Å². The molecular formula is C16H24Cl2N2. The van der Waals surface area contributed by atoms with Crippen LogP contribution in [0.1, 0.15) is 32.8 Å². The van der Waals surface area contributed by atoms with Crippen molar-refractivity contribution in [2.75, 3.05) is 24.5 Å². The van der Waals surface area contributed by atoms with Crippen molar-refractivity contribution in [3.63, 3.8) is 0 Å². The smallest absolute Gasteiger partial charge is 0.0643 e. The first-order valence-corrected chi connectivity index (χ1v) is 7.97. The Morgan fingerprint density at radius 2 is 1.95 bits per heavy atom. The molecule has 0 aromatic heterocycles. The molecule has 2 rings (SSSR count). The number of nitrogens with zero attached hydrogens (tertiary/aromatic N) is 1. The van der Waals surface area contributed by atoms with E-state index in [2.05, 4.69) is 31.0 Å². The fourth-order valence-corrected chi connectivity index (χ4v) is 3.04. The van der Waals surface area contributed by atoms with Crippen LogP contribution in [0.3, 0.4) is 0 Å². The third kappa shape index (κ3) is 4.03. The largest absolute Gasteiger partial charge is 0.370 e. The average molecular weight is 315 g/mol. The van der Waals surface area contributed by atoms with Gasteiger partial charge in [0.2, 0.25) is 0 Å². The number of nitrogens with one attached hydrogen (secondary N) is 1. The monoisotopic (exact) mass is 314 g/mol. The van der Waals surface area contributed by atoms with Crippen molar-refractivity contribution in [1.82, 2.24) is 5.32 Å². The number of rotatable bonds is 3. The molecule has 20 heavy (non-hydrogen) atoms. The maximum atomic E-state index is 6.36. The average Bonchev–Trinajstić information content (AvgIpc) is 2.79. The van der Waals surface area contributed by atoms with Crippen molar-refractivity contribution in [3.05, 3.63) is 27.7 Å². The van der Waals surface area contributed by atoms with Gasteiger partial charge in [0.05, 0.1) is 10.7 Å². The number of hydrogen-bond donors (Lipinski definition) is 1. The van der Waals surface area contributed by atoms with E-state index in [4.69, 9.17) is 23.2 Å². The first kappa shape index (κ1) is 15.9. The van der Waals surface area contributed by atoms with E-state index in [9.17, 15) is 0 Å². The topological polar surface area (TPSA) is 15.3 Å². The second-order valence-electron chi connectivity index (χ2n) is 6.78. The molecular weight excluding hydrogens is 291 g/mol. The number of halogens is 2. The lowest BCUT2D eigenvalue weighted by atomic mass is 10.1. The van der Waals surface area contributed by atoms with Crippen LogP contribution in [0.4, 0.5) is 5.69 Å². The highest BCUT2D eigenvalue weighted by atomic mass is 35.5. The summed E-state index contributed by atoms with van der Waals surface area (Å²) in [4.78, 5) is 2.35. The Kier molecular flexibility index (Phi) is 4.88. The summed E-state index contributed by atoms with van der Waals surface area (Å²) in [6, 6.07) is 3.96. The molecule has 1 aromatic carbocycles. The molecule has 1 fully saturated rings. The lowest BCUT2D eigenvalue weighted by Crippen LogP contribution is -2.39. The summed E-state index contributed by atoms with van der Waals surface area (Å²) >= 11 is 12.6. The predicted molar refractivity (Wildman–Crippen MR) is 89.3 cm³/mol. The van der Waals surface area contributed by atoms with Crippen molar-refractivity contribution in [3.8, 4) is 0 Å². The summed E-state index contributed by atoms with van der Waals surface area (Å²) < 4.78 is 0. The summed E-state index contributed by atoms with van der Waals surface area (Å²) in [5.41, 5.74) is 2.28. The molecule has 1 heterocycles. The third-order valence-corrected chi connectivity index (χ3v) is 4.49. The molecule has 0 amide bonds. The van der Waals surface area contributed by atoms with Gasteiger partial charge in [0.15, 0.2) is 0 Å². The van der Waals surface area contributed by atoms with Crippen molar-refractivity contribution < 1.29 is 0 Å². The van der Waals surface area contributed by atoms with Gasteiger partial charge in [-0.2, -0.15) is 0 Å². The standard InChI is InChI=1S/C16H24Cl2N2/c1-11-7-14(18)15(8-13(11)17)20-6-5-12(10-20)9-19-16(2,3)4/h7-8,12,19H,5-6,9-10H2,1-4H3. The number of aryl methyl sites for hydroxylation is 1. The zero-order valence-electron chi connectivity index (χ0n) is 12.8. The fourth-order valence-electron chi connectivity index (χ4n) is 2.55. The lowest BCUT2D eigenvalue weighted by molar-refractivity contribution is 0.383. The van der Waals surface area contributed by atoms with Crippen LogP contribution in [0.25, 0.3) is 0 Å². The van der Waals surface area contributed by atoms with Crippen LogP contribution in [0.5, 0.6) is 0 Å². The minimum Gasteiger partial charge on any atom is -0.370 e. The van der Waals surface area contributed by atoms with Crippen LogP contribution in [0, 0.1) is 12.8 Å². The number of hydrogen-bond acceptors (Lipinski definition) is 2. The van der Waals surface area contributed by atoms with Gasteiger partial charge in [-0.25, -0.2) is 0 Å². The van der Waals surface area contributed by atoms with Crippen molar-refractivity contribution in [2.24, 2.45) is 5.92 Å². The molecule has 1 unspecified atom stereocenters. The molecule has 1 atom stereocenters. The molecule has 0 radical (unpaired) electrons. The molecule has 1 aliphatic heterocycles.